The standard InChI is InChI=1S/C17H16ClNO4/c1-10-3-5-13(18)15(7-10)23-11(2)17(20)19-12-4-6-14-16(8-12)22-9-21-14/h3-8,11H,9H2,1-2H3,(H,19,20). The van der Waals surface area contributed by atoms with Gasteiger partial charge in [0.1, 0.15) is 5.75 Å². The highest BCUT2D eigenvalue weighted by Crippen LogP contribution is 2.34. The Balaban J connectivity index is 1.67. The highest BCUT2D eigenvalue weighted by molar-refractivity contribution is 6.32. The zero-order valence-electron chi connectivity index (χ0n) is 12.8. The van der Waals surface area contributed by atoms with E-state index < -0.39 is 6.10 Å². The van der Waals surface area contributed by atoms with Crippen molar-refractivity contribution < 1.29 is 19.0 Å². The molecule has 5 nitrogen and oxygen atoms in total. The van der Waals surface area contributed by atoms with Gasteiger partial charge in [-0.25, -0.2) is 0 Å². The van der Waals surface area contributed by atoms with Gasteiger partial charge >= 0.3 is 0 Å². The van der Waals surface area contributed by atoms with E-state index in [1.165, 1.54) is 0 Å². The lowest BCUT2D eigenvalue weighted by atomic mass is 10.2. The van der Waals surface area contributed by atoms with E-state index >= 15 is 0 Å². The molecule has 1 aliphatic rings. The maximum Gasteiger partial charge on any atom is 0.265 e. The van der Waals surface area contributed by atoms with Crippen molar-refractivity contribution in [2.24, 2.45) is 0 Å². The number of rotatable bonds is 4. The molecule has 1 N–H and O–H groups in total. The third-order valence-electron chi connectivity index (χ3n) is 3.40. The lowest BCUT2D eigenvalue weighted by Crippen LogP contribution is -2.30. The predicted molar refractivity (Wildman–Crippen MR) is 87.5 cm³/mol. The van der Waals surface area contributed by atoms with Gasteiger partial charge in [-0.1, -0.05) is 17.7 Å². The lowest BCUT2D eigenvalue weighted by molar-refractivity contribution is -0.122. The number of aryl methyl sites for hydroxylation is 1. The smallest absolute Gasteiger partial charge is 0.265 e. The van der Waals surface area contributed by atoms with Gasteiger partial charge in [-0.3, -0.25) is 4.79 Å². The fourth-order valence-corrected chi connectivity index (χ4v) is 2.33. The first kappa shape index (κ1) is 15.5. The Morgan fingerprint density at radius 2 is 2.00 bits per heavy atom. The summed E-state index contributed by atoms with van der Waals surface area (Å²) in [6, 6.07) is 10.6. The molecule has 1 heterocycles. The number of carbonyl (C=O) groups is 1. The van der Waals surface area contributed by atoms with Gasteiger partial charge in [0.2, 0.25) is 6.79 Å². The molecule has 1 atom stereocenters. The van der Waals surface area contributed by atoms with E-state index in [1.807, 2.05) is 13.0 Å². The highest BCUT2D eigenvalue weighted by atomic mass is 35.5. The zero-order valence-corrected chi connectivity index (χ0v) is 13.5. The quantitative estimate of drug-likeness (QED) is 0.925. The van der Waals surface area contributed by atoms with E-state index in [0.717, 1.165) is 5.56 Å². The molecule has 0 fully saturated rings. The van der Waals surface area contributed by atoms with E-state index in [9.17, 15) is 4.79 Å². The SMILES string of the molecule is Cc1ccc(Cl)c(OC(C)C(=O)Nc2ccc3c(c2)OCO3)c1. The van der Waals surface area contributed by atoms with Crippen LogP contribution in [-0.2, 0) is 4.79 Å². The molecular weight excluding hydrogens is 318 g/mol. The summed E-state index contributed by atoms with van der Waals surface area (Å²) in [7, 11) is 0. The van der Waals surface area contributed by atoms with Crippen LogP contribution in [0.5, 0.6) is 17.2 Å². The molecule has 1 aliphatic heterocycles. The fraction of sp³-hybridized carbons (Fsp3) is 0.235. The van der Waals surface area contributed by atoms with E-state index in [1.54, 1.807) is 37.3 Å². The number of nitrogens with one attached hydrogen (secondary N) is 1. The van der Waals surface area contributed by atoms with Gasteiger partial charge in [0.05, 0.1) is 5.02 Å². The fourth-order valence-electron chi connectivity index (χ4n) is 2.16. The predicted octanol–water partition coefficient (Wildman–Crippen LogP) is 3.78. The minimum Gasteiger partial charge on any atom is -0.479 e. The average molecular weight is 334 g/mol. The summed E-state index contributed by atoms with van der Waals surface area (Å²) in [4.78, 5) is 12.3. The molecule has 0 spiro atoms. The Hall–Kier alpha value is -2.40. The molecule has 3 rings (SSSR count). The molecule has 6 heteroatoms. The first-order valence-electron chi connectivity index (χ1n) is 7.16. The first-order chi connectivity index (χ1) is 11.0. The van der Waals surface area contributed by atoms with Gasteiger partial charge < -0.3 is 19.5 Å². The summed E-state index contributed by atoms with van der Waals surface area (Å²) in [6.07, 6.45) is -0.695. The van der Waals surface area contributed by atoms with Crippen LogP contribution < -0.4 is 19.5 Å². The van der Waals surface area contributed by atoms with Gasteiger partial charge in [-0.15, -0.1) is 0 Å². The zero-order chi connectivity index (χ0) is 16.4. The Morgan fingerprint density at radius 1 is 1.22 bits per heavy atom. The van der Waals surface area contributed by atoms with Gasteiger partial charge in [-0.2, -0.15) is 0 Å². The number of fused-ring (bicyclic) bond motifs is 1. The van der Waals surface area contributed by atoms with Gasteiger partial charge in [0, 0.05) is 11.8 Å². The van der Waals surface area contributed by atoms with E-state index in [2.05, 4.69) is 5.32 Å². The van der Waals surface area contributed by atoms with Crippen molar-refractivity contribution in [2.75, 3.05) is 12.1 Å². The van der Waals surface area contributed by atoms with Crippen molar-refractivity contribution in [1.29, 1.82) is 0 Å². The van der Waals surface area contributed by atoms with Crippen LogP contribution in [0.15, 0.2) is 36.4 Å². The van der Waals surface area contributed by atoms with Gasteiger partial charge in [0.15, 0.2) is 17.6 Å². The van der Waals surface area contributed by atoms with Crippen LogP contribution in [0.25, 0.3) is 0 Å². The monoisotopic (exact) mass is 333 g/mol. The van der Waals surface area contributed by atoms with Gasteiger partial charge in [-0.05, 0) is 43.7 Å². The Kier molecular flexibility index (Phi) is 4.30. The van der Waals surface area contributed by atoms with Crippen LogP contribution in [0.1, 0.15) is 12.5 Å². The van der Waals surface area contributed by atoms with E-state index in [4.69, 9.17) is 25.8 Å². The van der Waals surface area contributed by atoms with Crippen LogP contribution in [0, 0.1) is 6.92 Å². The van der Waals surface area contributed by atoms with Crippen molar-refractivity contribution in [3.8, 4) is 17.2 Å². The lowest BCUT2D eigenvalue weighted by Gasteiger charge is -2.16. The number of carbonyl (C=O) groups excluding carboxylic acids is 1. The van der Waals surface area contributed by atoms with Crippen molar-refractivity contribution in [2.45, 2.75) is 20.0 Å². The second-order valence-electron chi connectivity index (χ2n) is 5.25. The molecule has 0 saturated carbocycles. The number of benzene rings is 2. The number of hydrogen-bond donors (Lipinski definition) is 1. The molecule has 0 aliphatic carbocycles. The third kappa shape index (κ3) is 3.51. The second-order valence-corrected chi connectivity index (χ2v) is 5.66. The molecule has 2 aromatic carbocycles. The minimum absolute atomic E-state index is 0.193. The average Bonchev–Trinajstić information content (AvgIpc) is 2.98. The molecular formula is C17H16ClNO4. The van der Waals surface area contributed by atoms with Crippen LogP contribution in [0.3, 0.4) is 0 Å². The molecule has 0 radical (unpaired) electrons. The Bertz CT molecular complexity index is 747. The van der Waals surface area contributed by atoms with Crippen LogP contribution in [0.2, 0.25) is 5.02 Å². The third-order valence-corrected chi connectivity index (χ3v) is 3.71. The summed E-state index contributed by atoms with van der Waals surface area (Å²) < 4.78 is 16.2. The maximum atomic E-state index is 12.3. The molecule has 0 bridgehead atoms. The summed E-state index contributed by atoms with van der Waals surface area (Å²) in [5.74, 6) is 1.48. The van der Waals surface area contributed by atoms with Crippen molar-refractivity contribution in [3.05, 3.63) is 47.0 Å². The number of hydrogen-bond acceptors (Lipinski definition) is 4. The summed E-state index contributed by atoms with van der Waals surface area (Å²) >= 11 is 6.08. The molecule has 23 heavy (non-hydrogen) atoms. The topological polar surface area (TPSA) is 56.8 Å². The molecule has 2 aromatic rings. The summed E-state index contributed by atoms with van der Waals surface area (Å²) in [6.45, 7) is 3.79. The molecule has 1 unspecified atom stereocenters. The number of halogens is 1. The molecule has 120 valence electrons. The van der Waals surface area contributed by atoms with Crippen molar-refractivity contribution in [3.63, 3.8) is 0 Å². The largest absolute Gasteiger partial charge is 0.479 e. The second kappa shape index (κ2) is 6.38. The van der Waals surface area contributed by atoms with Crippen molar-refractivity contribution >= 4 is 23.2 Å². The Morgan fingerprint density at radius 3 is 2.83 bits per heavy atom. The highest BCUT2D eigenvalue weighted by Gasteiger charge is 2.18. The van der Waals surface area contributed by atoms with E-state index in [-0.39, 0.29) is 12.7 Å². The van der Waals surface area contributed by atoms with Gasteiger partial charge in [0.25, 0.3) is 5.91 Å². The molecule has 0 aromatic heterocycles. The minimum atomic E-state index is -0.695. The summed E-state index contributed by atoms with van der Waals surface area (Å²) in [5, 5.41) is 3.25. The molecule has 1 amide bonds. The maximum absolute atomic E-state index is 12.3. The number of amides is 1. The first-order valence-corrected chi connectivity index (χ1v) is 7.54. The number of anilines is 1. The van der Waals surface area contributed by atoms with E-state index in [0.29, 0.717) is 28.0 Å². The van der Waals surface area contributed by atoms with Crippen LogP contribution in [-0.4, -0.2) is 18.8 Å². The number of ether oxygens (including phenoxy) is 3. The Labute approximate surface area is 139 Å². The normalized spacial score (nSPS) is 13.5. The van der Waals surface area contributed by atoms with Crippen molar-refractivity contribution in [1.82, 2.24) is 0 Å². The van der Waals surface area contributed by atoms with Crippen LogP contribution >= 0.6 is 11.6 Å². The van der Waals surface area contributed by atoms with Crippen LogP contribution in [0.4, 0.5) is 5.69 Å². The molecule has 0 saturated heterocycles. The summed E-state index contributed by atoms with van der Waals surface area (Å²) in [5.41, 5.74) is 1.62.